The fourth-order valence-corrected chi connectivity index (χ4v) is 2.06. The van der Waals surface area contributed by atoms with E-state index < -0.39 is 0 Å². The highest BCUT2D eigenvalue weighted by molar-refractivity contribution is 5.87. The summed E-state index contributed by atoms with van der Waals surface area (Å²) < 4.78 is 0. The SMILES string of the molecule is CCC/C=C/C(=O)NCCNCCCCCCCCCO. The van der Waals surface area contributed by atoms with Crippen molar-refractivity contribution in [2.24, 2.45) is 0 Å². The van der Waals surface area contributed by atoms with Crippen molar-refractivity contribution >= 4 is 5.91 Å². The third kappa shape index (κ3) is 17.1. The van der Waals surface area contributed by atoms with Crippen molar-refractivity contribution in [1.29, 1.82) is 0 Å². The highest BCUT2D eigenvalue weighted by Crippen LogP contribution is 2.06. The zero-order valence-corrected chi connectivity index (χ0v) is 13.7. The Balaban J connectivity index is 3.13. The number of nitrogens with one attached hydrogen (secondary N) is 2. The highest BCUT2D eigenvalue weighted by atomic mass is 16.2. The second kappa shape index (κ2) is 17.2. The van der Waals surface area contributed by atoms with Crippen molar-refractivity contribution in [2.75, 3.05) is 26.2 Å². The second-order valence-corrected chi connectivity index (χ2v) is 5.43. The zero-order valence-electron chi connectivity index (χ0n) is 13.7. The van der Waals surface area contributed by atoms with Crippen molar-refractivity contribution in [1.82, 2.24) is 10.6 Å². The number of carbonyl (C=O) groups is 1. The predicted molar refractivity (Wildman–Crippen MR) is 89.3 cm³/mol. The fraction of sp³-hybridized carbons (Fsp3) is 0.824. The summed E-state index contributed by atoms with van der Waals surface area (Å²) in [6.45, 7) is 4.98. The molecule has 0 rings (SSSR count). The predicted octanol–water partition coefficient (Wildman–Crippen LogP) is 2.77. The monoisotopic (exact) mass is 298 g/mol. The van der Waals surface area contributed by atoms with Crippen LogP contribution in [0.15, 0.2) is 12.2 Å². The molecule has 0 saturated carbocycles. The minimum atomic E-state index is 0.00753. The van der Waals surface area contributed by atoms with Crippen LogP contribution in [0.5, 0.6) is 0 Å². The van der Waals surface area contributed by atoms with Gasteiger partial charge >= 0.3 is 0 Å². The minimum Gasteiger partial charge on any atom is -0.396 e. The van der Waals surface area contributed by atoms with Crippen LogP contribution in [0.1, 0.15) is 64.7 Å². The van der Waals surface area contributed by atoms with Crippen LogP contribution < -0.4 is 10.6 Å². The van der Waals surface area contributed by atoms with E-state index in [4.69, 9.17) is 5.11 Å². The molecule has 0 atom stereocenters. The van der Waals surface area contributed by atoms with Crippen molar-refractivity contribution in [3.63, 3.8) is 0 Å². The van der Waals surface area contributed by atoms with E-state index in [-0.39, 0.29) is 5.91 Å². The van der Waals surface area contributed by atoms with Gasteiger partial charge in [-0.15, -0.1) is 0 Å². The van der Waals surface area contributed by atoms with Gasteiger partial charge < -0.3 is 15.7 Å². The Morgan fingerprint density at radius 1 is 0.952 bits per heavy atom. The topological polar surface area (TPSA) is 61.4 Å². The molecule has 0 aliphatic rings. The van der Waals surface area contributed by atoms with Gasteiger partial charge in [-0.1, -0.05) is 51.5 Å². The maximum atomic E-state index is 11.4. The molecular weight excluding hydrogens is 264 g/mol. The highest BCUT2D eigenvalue weighted by Gasteiger charge is 1.94. The molecule has 0 aromatic rings. The summed E-state index contributed by atoms with van der Waals surface area (Å²) in [7, 11) is 0. The lowest BCUT2D eigenvalue weighted by atomic mass is 10.1. The molecule has 0 aromatic carbocycles. The van der Waals surface area contributed by atoms with Gasteiger partial charge in [0.05, 0.1) is 0 Å². The first-order valence-corrected chi connectivity index (χ1v) is 8.57. The largest absolute Gasteiger partial charge is 0.396 e. The van der Waals surface area contributed by atoms with Crippen LogP contribution in [-0.4, -0.2) is 37.3 Å². The Kier molecular flexibility index (Phi) is 16.5. The van der Waals surface area contributed by atoms with Crippen LogP contribution in [-0.2, 0) is 4.79 Å². The smallest absolute Gasteiger partial charge is 0.243 e. The minimum absolute atomic E-state index is 0.00753. The van der Waals surface area contributed by atoms with E-state index in [0.29, 0.717) is 13.2 Å². The van der Waals surface area contributed by atoms with Gasteiger partial charge in [0.15, 0.2) is 0 Å². The first kappa shape index (κ1) is 20.1. The lowest BCUT2D eigenvalue weighted by molar-refractivity contribution is -0.116. The summed E-state index contributed by atoms with van der Waals surface area (Å²) in [5, 5.41) is 14.9. The molecule has 0 aliphatic heterocycles. The van der Waals surface area contributed by atoms with Gasteiger partial charge in [-0.2, -0.15) is 0 Å². The number of rotatable bonds is 15. The quantitative estimate of drug-likeness (QED) is 0.322. The third-order valence-corrected chi connectivity index (χ3v) is 3.34. The van der Waals surface area contributed by atoms with Crippen LogP contribution in [0.4, 0.5) is 0 Å². The normalized spacial score (nSPS) is 11.1. The second-order valence-electron chi connectivity index (χ2n) is 5.43. The average molecular weight is 298 g/mol. The summed E-state index contributed by atoms with van der Waals surface area (Å²) in [6, 6.07) is 0. The number of carbonyl (C=O) groups excluding carboxylic acids is 1. The maximum Gasteiger partial charge on any atom is 0.243 e. The summed E-state index contributed by atoms with van der Waals surface area (Å²) in [5.74, 6) is 0.00753. The molecule has 0 spiro atoms. The lowest BCUT2D eigenvalue weighted by Crippen LogP contribution is -2.31. The van der Waals surface area contributed by atoms with Crippen molar-refractivity contribution in [3.05, 3.63) is 12.2 Å². The molecule has 0 aliphatic carbocycles. The molecular formula is C17H34N2O2. The number of hydrogen-bond donors (Lipinski definition) is 3. The first-order chi connectivity index (χ1) is 10.3. The molecule has 0 bridgehead atoms. The molecule has 0 radical (unpaired) electrons. The Bertz CT molecular complexity index is 255. The molecule has 1 amide bonds. The van der Waals surface area contributed by atoms with Crippen molar-refractivity contribution < 1.29 is 9.90 Å². The Morgan fingerprint density at radius 3 is 2.29 bits per heavy atom. The standard InChI is InChI=1S/C17H34N2O2/c1-2-3-9-12-17(21)19-15-14-18-13-10-7-5-4-6-8-11-16-20/h9,12,18,20H,2-8,10-11,13-16H2,1H3,(H,19,21)/b12-9+. The first-order valence-electron chi connectivity index (χ1n) is 8.57. The number of allylic oxidation sites excluding steroid dienone is 1. The van der Waals surface area contributed by atoms with E-state index in [1.165, 1.54) is 32.1 Å². The van der Waals surface area contributed by atoms with E-state index in [9.17, 15) is 4.79 Å². The van der Waals surface area contributed by atoms with E-state index in [0.717, 1.165) is 38.8 Å². The van der Waals surface area contributed by atoms with Gasteiger partial charge in [0.2, 0.25) is 5.91 Å². The van der Waals surface area contributed by atoms with Gasteiger partial charge in [0.1, 0.15) is 0 Å². The molecule has 0 heterocycles. The third-order valence-electron chi connectivity index (χ3n) is 3.34. The zero-order chi connectivity index (χ0) is 15.6. The molecule has 21 heavy (non-hydrogen) atoms. The lowest BCUT2D eigenvalue weighted by Gasteiger charge is -2.05. The molecule has 0 unspecified atom stereocenters. The molecule has 4 heteroatoms. The van der Waals surface area contributed by atoms with Crippen LogP contribution in [0, 0.1) is 0 Å². The average Bonchev–Trinajstić information content (AvgIpc) is 2.48. The van der Waals surface area contributed by atoms with Gasteiger partial charge in [-0.25, -0.2) is 0 Å². The number of aliphatic hydroxyl groups is 1. The van der Waals surface area contributed by atoms with Crippen molar-refractivity contribution in [2.45, 2.75) is 64.7 Å². The fourth-order valence-electron chi connectivity index (χ4n) is 2.06. The van der Waals surface area contributed by atoms with Crippen LogP contribution in [0.25, 0.3) is 0 Å². The van der Waals surface area contributed by atoms with Crippen LogP contribution in [0.2, 0.25) is 0 Å². The van der Waals surface area contributed by atoms with E-state index in [1.807, 2.05) is 6.08 Å². The molecule has 0 saturated heterocycles. The van der Waals surface area contributed by atoms with Gasteiger partial charge in [-0.05, 0) is 31.9 Å². The Labute approximate surface area is 130 Å². The van der Waals surface area contributed by atoms with E-state index in [2.05, 4.69) is 17.6 Å². The van der Waals surface area contributed by atoms with Gasteiger partial charge in [0.25, 0.3) is 0 Å². The Morgan fingerprint density at radius 2 is 1.62 bits per heavy atom. The summed E-state index contributed by atoms with van der Waals surface area (Å²) in [4.78, 5) is 11.4. The van der Waals surface area contributed by atoms with Crippen LogP contribution >= 0.6 is 0 Å². The number of hydrogen-bond acceptors (Lipinski definition) is 3. The van der Waals surface area contributed by atoms with Gasteiger partial charge in [0, 0.05) is 19.7 Å². The maximum absolute atomic E-state index is 11.4. The molecule has 4 nitrogen and oxygen atoms in total. The van der Waals surface area contributed by atoms with Crippen LogP contribution in [0.3, 0.4) is 0 Å². The molecule has 124 valence electrons. The van der Waals surface area contributed by atoms with E-state index in [1.54, 1.807) is 6.08 Å². The molecule has 0 fully saturated rings. The summed E-state index contributed by atoms with van der Waals surface area (Å²) in [6.07, 6.45) is 13.9. The summed E-state index contributed by atoms with van der Waals surface area (Å²) in [5.41, 5.74) is 0. The summed E-state index contributed by atoms with van der Waals surface area (Å²) >= 11 is 0. The van der Waals surface area contributed by atoms with E-state index >= 15 is 0 Å². The van der Waals surface area contributed by atoms with Gasteiger partial charge in [-0.3, -0.25) is 4.79 Å². The number of unbranched alkanes of at least 4 members (excludes halogenated alkanes) is 7. The molecule has 3 N–H and O–H groups in total. The van der Waals surface area contributed by atoms with Crippen molar-refractivity contribution in [3.8, 4) is 0 Å². The molecule has 0 aromatic heterocycles. The number of aliphatic hydroxyl groups excluding tert-OH is 1. The number of amides is 1. The Hall–Kier alpha value is -0.870.